The van der Waals surface area contributed by atoms with E-state index in [9.17, 15) is 16.8 Å². The molecular weight excluding hydrogens is 394 g/mol. The Morgan fingerprint density at radius 3 is 2.37 bits per heavy atom. The van der Waals surface area contributed by atoms with Crippen molar-refractivity contribution in [2.45, 2.75) is 63.1 Å². The van der Waals surface area contributed by atoms with Gasteiger partial charge in [-0.25, -0.2) is 8.42 Å². The standard InChI is InChI=1S/C17H29NO7S2/c1-26(19,20)18-27(21,22)25-4-2-3-16-6-13-5-14(7-16)9-17(8-13,12-16)24-11-15-10-23-15/h13-15,18H,2-12H2,1H3. The number of nitrogens with one attached hydrogen (secondary N) is 1. The summed E-state index contributed by atoms with van der Waals surface area (Å²) >= 11 is 0. The van der Waals surface area contributed by atoms with Crippen LogP contribution < -0.4 is 4.13 Å². The van der Waals surface area contributed by atoms with E-state index in [1.807, 2.05) is 0 Å². The molecule has 0 radical (unpaired) electrons. The van der Waals surface area contributed by atoms with Crippen molar-refractivity contribution in [3.05, 3.63) is 0 Å². The SMILES string of the molecule is CS(=O)(=O)NS(=O)(=O)OCCCC12CC3CC(C1)CC(OCC1CO1)(C3)C2. The molecule has 1 aliphatic heterocycles. The maximum atomic E-state index is 11.6. The summed E-state index contributed by atoms with van der Waals surface area (Å²) in [5.74, 6) is 1.39. The number of ether oxygens (including phenoxy) is 2. The van der Waals surface area contributed by atoms with E-state index in [0.717, 1.165) is 38.5 Å². The highest BCUT2D eigenvalue weighted by Crippen LogP contribution is 2.64. The largest absolute Gasteiger partial charge is 0.372 e. The van der Waals surface area contributed by atoms with Crippen LogP contribution >= 0.6 is 0 Å². The summed E-state index contributed by atoms with van der Waals surface area (Å²) in [5.41, 5.74) is 0.173. The second kappa shape index (κ2) is 6.91. The molecule has 3 unspecified atom stereocenters. The molecule has 4 saturated carbocycles. The van der Waals surface area contributed by atoms with Crippen LogP contribution in [0.25, 0.3) is 0 Å². The van der Waals surface area contributed by atoms with E-state index in [2.05, 4.69) is 0 Å². The monoisotopic (exact) mass is 423 g/mol. The van der Waals surface area contributed by atoms with E-state index in [1.54, 1.807) is 0 Å². The average molecular weight is 424 g/mol. The molecule has 5 aliphatic rings. The van der Waals surface area contributed by atoms with Crippen molar-refractivity contribution in [3.8, 4) is 0 Å². The van der Waals surface area contributed by atoms with E-state index in [1.165, 1.54) is 23.4 Å². The molecule has 156 valence electrons. The third-order valence-electron chi connectivity index (χ3n) is 6.45. The van der Waals surface area contributed by atoms with E-state index in [-0.39, 0.29) is 23.7 Å². The summed E-state index contributed by atoms with van der Waals surface area (Å²) in [5, 5.41) is 0. The van der Waals surface area contributed by atoms with Gasteiger partial charge in [-0.2, -0.15) is 8.42 Å². The smallest absolute Gasteiger partial charge is 0.349 e. The lowest BCUT2D eigenvalue weighted by atomic mass is 9.47. The molecule has 3 atom stereocenters. The highest BCUT2D eigenvalue weighted by Gasteiger charge is 2.58. The van der Waals surface area contributed by atoms with Crippen molar-refractivity contribution in [2.75, 3.05) is 26.1 Å². The molecule has 1 N–H and O–H groups in total. The van der Waals surface area contributed by atoms with Crippen LogP contribution in [0.1, 0.15) is 51.4 Å². The van der Waals surface area contributed by atoms with Gasteiger partial charge in [-0.15, -0.1) is 0 Å². The van der Waals surface area contributed by atoms with Crippen LogP contribution in [0, 0.1) is 17.3 Å². The normalized spacial score (nSPS) is 40.4. The van der Waals surface area contributed by atoms with Gasteiger partial charge in [0.25, 0.3) is 0 Å². The Morgan fingerprint density at radius 2 is 1.78 bits per heavy atom. The lowest BCUT2D eigenvalue weighted by Crippen LogP contribution is -2.57. The van der Waals surface area contributed by atoms with Crippen LogP contribution in [0.4, 0.5) is 0 Å². The lowest BCUT2D eigenvalue weighted by molar-refractivity contribution is -0.196. The predicted molar refractivity (Wildman–Crippen MR) is 97.6 cm³/mol. The van der Waals surface area contributed by atoms with E-state index in [4.69, 9.17) is 13.7 Å². The molecule has 8 nitrogen and oxygen atoms in total. The van der Waals surface area contributed by atoms with Gasteiger partial charge in [0.15, 0.2) is 0 Å². The van der Waals surface area contributed by atoms with Gasteiger partial charge in [0.2, 0.25) is 10.0 Å². The molecule has 0 spiro atoms. The zero-order valence-electron chi connectivity index (χ0n) is 15.7. The zero-order chi connectivity index (χ0) is 19.3. The zero-order valence-corrected chi connectivity index (χ0v) is 17.3. The fourth-order valence-electron chi connectivity index (χ4n) is 6.09. The molecule has 0 aromatic rings. The van der Waals surface area contributed by atoms with Crippen LogP contribution in [-0.4, -0.2) is 54.6 Å². The Labute approximate surface area is 161 Å². The van der Waals surface area contributed by atoms with Crippen LogP contribution in [0.2, 0.25) is 0 Å². The first kappa shape index (κ1) is 20.0. The van der Waals surface area contributed by atoms with Crippen molar-refractivity contribution in [1.82, 2.24) is 4.13 Å². The fourth-order valence-corrected chi connectivity index (χ4v) is 8.10. The van der Waals surface area contributed by atoms with Crippen molar-refractivity contribution >= 4 is 20.3 Å². The Hall–Kier alpha value is -0.260. The first-order valence-electron chi connectivity index (χ1n) is 9.70. The minimum atomic E-state index is -4.27. The molecule has 0 aromatic carbocycles. The second-order valence-electron chi connectivity index (χ2n) is 9.15. The van der Waals surface area contributed by atoms with Crippen LogP contribution in [0.5, 0.6) is 0 Å². The molecule has 4 bridgehead atoms. The van der Waals surface area contributed by atoms with Gasteiger partial charge in [0.1, 0.15) is 6.10 Å². The summed E-state index contributed by atoms with van der Waals surface area (Å²) in [7, 11) is -8.13. The number of hydrogen-bond acceptors (Lipinski definition) is 7. The van der Waals surface area contributed by atoms with Crippen LogP contribution in [0.15, 0.2) is 0 Å². The van der Waals surface area contributed by atoms with Crippen molar-refractivity contribution in [1.29, 1.82) is 0 Å². The molecule has 10 heteroatoms. The van der Waals surface area contributed by atoms with E-state index < -0.39 is 20.3 Å². The van der Waals surface area contributed by atoms with Crippen molar-refractivity contribution in [2.24, 2.45) is 17.3 Å². The maximum Gasteiger partial charge on any atom is 0.349 e. The van der Waals surface area contributed by atoms with Crippen molar-refractivity contribution in [3.63, 3.8) is 0 Å². The van der Waals surface area contributed by atoms with E-state index >= 15 is 0 Å². The average Bonchev–Trinajstić information content (AvgIpc) is 3.30. The molecule has 4 aliphatic carbocycles. The molecule has 5 fully saturated rings. The van der Waals surface area contributed by atoms with Gasteiger partial charge in [-0.1, -0.05) is 4.13 Å². The summed E-state index contributed by atoms with van der Waals surface area (Å²) in [6.45, 7) is 1.49. The number of rotatable bonds is 10. The van der Waals surface area contributed by atoms with Gasteiger partial charge < -0.3 is 9.47 Å². The first-order valence-corrected chi connectivity index (χ1v) is 13.0. The fraction of sp³-hybridized carbons (Fsp3) is 1.00. The quantitative estimate of drug-likeness (QED) is 0.417. The van der Waals surface area contributed by atoms with Crippen LogP contribution in [-0.2, 0) is 34.0 Å². The molecule has 1 saturated heterocycles. The van der Waals surface area contributed by atoms with Gasteiger partial charge >= 0.3 is 10.3 Å². The first-order chi connectivity index (χ1) is 12.6. The highest BCUT2D eigenvalue weighted by molar-refractivity contribution is 8.02. The Morgan fingerprint density at radius 1 is 1.11 bits per heavy atom. The summed E-state index contributed by atoms with van der Waals surface area (Å²) in [6, 6.07) is 0. The van der Waals surface area contributed by atoms with Gasteiger partial charge in [0.05, 0.1) is 31.7 Å². The molecule has 27 heavy (non-hydrogen) atoms. The predicted octanol–water partition coefficient (Wildman–Crippen LogP) is 1.33. The van der Waals surface area contributed by atoms with Gasteiger partial charge in [-0.05, 0) is 68.6 Å². The van der Waals surface area contributed by atoms with Crippen molar-refractivity contribution < 1.29 is 30.5 Å². The number of sulfonamides is 1. The molecule has 0 aromatic heterocycles. The van der Waals surface area contributed by atoms with Crippen LogP contribution in [0.3, 0.4) is 0 Å². The summed E-state index contributed by atoms with van der Waals surface area (Å²) < 4.78 is 63.4. The summed E-state index contributed by atoms with van der Waals surface area (Å²) in [6.07, 6.45) is 9.51. The minimum absolute atomic E-state index is 0.00823. The Balaban J connectivity index is 1.32. The summed E-state index contributed by atoms with van der Waals surface area (Å²) in [4.78, 5) is 0. The minimum Gasteiger partial charge on any atom is -0.372 e. The molecule has 1 heterocycles. The molecular formula is C17H29NO7S2. The highest BCUT2D eigenvalue weighted by atomic mass is 32.3. The Bertz CT molecular complexity index is 761. The number of epoxide rings is 1. The van der Waals surface area contributed by atoms with E-state index in [0.29, 0.717) is 24.9 Å². The molecule has 5 rings (SSSR count). The lowest BCUT2D eigenvalue weighted by Gasteiger charge is -2.62. The van der Waals surface area contributed by atoms with Gasteiger partial charge in [-0.3, -0.25) is 4.18 Å². The topological polar surface area (TPSA) is 111 Å². The second-order valence-corrected chi connectivity index (χ2v) is 12.5. The maximum absolute atomic E-state index is 11.6. The number of hydrogen-bond donors (Lipinski definition) is 1. The third kappa shape index (κ3) is 5.02. The molecule has 0 amide bonds. The third-order valence-corrected chi connectivity index (χ3v) is 8.95. The Kier molecular flexibility index (Phi) is 5.13. The van der Waals surface area contributed by atoms with Gasteiger partial charge in [0, 0.05) is 0 Å².